The van der Waals surface area contributed by atoms with Crippen LogP contribution in [-0.4, -0.2) is 44.9 Å². The first kappa shape index (κ1) is 18.6. The molecular weight excluding hydrogens is 301 g/mol. The summed E-state index contributed by atoms with van der Waals surface area (Å²) in [5.41, 5.74) is 1.43. The van der Waals surface area contributed by atoms with Crippen molar-refractivity contribution >= 4 is 17.9 Å². The Bertz CT molecular complexity index is 490. The summed E-state index contributed by atoms with van der Waals surface area (Å²) in [5, 5.41) is 0. The van der Waals surface area contributed by atoms with E-state index in [1.54, 1.807) is 7.05 Å². The largest absolute Gasteiger partial charge is 0.213 e. The predicted molar refractivity (Wildman–Crippen MR) is 95.2 cm³/mol. The Morgan fingerprint density at radius 2 is 1.71 bits per heavy atom. The number of benzene rings is 1. The van der Waals surface area contributed by atoms with Crippen LogP contribution in [-0.2, 0) is 16.2 Å². The summed E-state index contributed by atoms with van der Waals surface area (Å²) in [6.45, 7) is 2.88. The summed E-state index contributed by atoms with van der Waals surface area (Å²) in [4.78, 5) is 0. The predicted octanol–water partition coefficient (Wildman–Crippen LogP) is 3.48. The van der Waals surface area contributed by atoms with Gasteiger partial charge in [-0.2, -0.15) is 0 Å². The zero-order chi connectivity index (χ0) is 15.7. The highest BCUT2D eigenvalue weighted by atomic mass is 32.2. The normalized spacial score (nSPS) is 13.5. The Labute approximate surface area is 131 Å². The SMILES string of the molecule is CCCC[PH+](CCCN(C)S(C)(=O)=O)Cc1ccccc1. The first-order valence-electron chi connectivity index (χ1n) is 7.72. The van der Waals surface area contributed by atoms with Gasteiger partial charge in [0.25, 0.3) is 0 Å². The number of hydrogen-bond acceptors (Lipinski definition) is 2. The van der Waals surface area contributed by atoms with Crippen LogP contribution in [0.25, 0.3) is 0 Å². The third kappa shape index (κ3) is 7.94. The lowest BCUT2D eigenvalue weighted by Crippen LogP contribution is -2.26. The van der Waals surface area contributed by atoms with Gasteiger partial charge in [0.15, 0.2) is 0 Å². The molecule has 21 heavy (non-hydrogen) atoms. The number of hydrogen-bond donors (Lipinski definition) is 0. The van der Waals surface area contributed by atoms with Crippen LogP contribution < -0.4 is 0 Å². The molecule has 0 amide bonds. The Morgan fingerprint density at radius 3 is 2.29 bits per heavy atom. The van der Waals surface area contributed by atoms with Crippen molar-refractivity contribution < 1.29 is 8.42 Å². The first-order valence-corrected chi connectivity index (χ1v) is 11.7. The highest BCUT2D eigenvalue weighted by Crippen LogP contribution is 2.41. The maximum absolute atomic E-state index is 11.4. The van der Waals surface area contributed by atoms with E-state index in [2.05, 4.69) is 37.3 Å². The molecule has 1 rings (SSSR count). The fourth-order valence-corrected chi connectivity index (χ4v) is 5.72. The molecule has 0 aliphatic carbocycles. The minimum absolute atomic E-state index is 0.422. The Kier molecular flexibility index (Phi) is 8.46. The topological polar surface area (TPSA) is 37.4 Å². The van der Waals surface area contributed by atoms with Crippen LogP contribution in [0.5, 0.6) is 0 Å². The van der Waals surface area contributed by atoms with Gasteiger partial charge in [-0.1, -0.05) is 43.7 Å². The van der Waals surface area contributed by atoms with Crippen molar-refractivity contribution in [3.05, 3.63) is 35.9 Å². The van der Waals surface area contributed by atoms with Gasteiger partial charge in [-0.05, 0) is 18.4 Å². The highest BCUT2D eigenvalue weighted by molar-refractivity contribution is 7.88. The van der Waals surface area contributed by atoms with E-state index in [4.69, 9.17) is 0 Å². The average molecular weight is 330 g/mol. The number of nitrogens with zero attached hydrogens (tertiary/aromatic N) is 1. The third-order valence-electron chi connectivity index (χ3n) is 3.75. The second-order valence-corrected chi connectivity index (χ2v) is 10.6. The lowest BCUT2D eigenvalue weighted by molar-refractivity contribution is 0.474. The number of unbranched alkanes of at least 4 members (excludes halogenated alkanes) is 1. The molecule has 0 spiro atoms. The quantitative estimate of drug-likeness (QED) is 0.616. The van der Waals surface area contributed by atoms with Gasteiger partial charge in [0, 0.05) is 21.5 Å². The molecule has 3 nitrogen and oxygen atoms in total. The summed E-state index contributed by atoms with van der Waals surface area (Å²) in [5.74, 6) is 0. The zero-order valence-corrected chi connectivity index (χ0v) is 15.3. The van der Waals surface area contributed by atoms with Crippen molar-refractivity contribution in [2.24, 2.45) is 0 Å². The second-order valence-electron chi connectivity index (χ2n) is 5.70. The van der Waals surface area contributed by atoms with Gasteiger partial charge in [-0.25, -0.2) is 12.7 Å². The van der Waals surface area contributed by atoms with E-state index in [1.807, 2.05) is 0 Å². The molecule has 0 radical (unpaired) electrons. The lowest BCUT2D eigenvalue weighted by atomic mass is 10.2. The van der Waals surface area contributed by atoms with E-state index >= 15 is 0 Å². The molecule has 1 atom stereocenters. The van der Waals surface area contributed by atoms with Crippen LogP contribution in [0.4, 0.5) is 0 Å². The van der Waals surface area contributed by atoms with Crippen LogP contribution in [0.2, 0.25) is 0 Å². The monoisotopic (exact) mass is 330 g/mol. The average Bonchev–Trinajstić information content (AvgIpc) is 2.44. The van der Waals surface area contributed by atoms with E-state index in [1.165, 1.54) is 47.5 Å². The molecule has 0 saturated carbocycles. The molecule has 0 aromatic heterocycles. The molecule has 0 saturated heterocycles. The van der Waals surface area contributed by atoms with Crippen molar-refractivity contribution in [1.82, 2.24) is 4.31 Å². The zero-order valence-electron chi connectivity index (χ0n) is 13.5. The van der Waals surface area contributed by atoms with Crippen molar-refractivity contribution in [3.63, 3.8) is 0 Å². The smallest absolute Gasteiger partial charge is 0.210 e. The van der Waals surface area contributed by atoms with Gasteiger partial charge in [0.2, 0.25) is 10.0 Å². The van der Waals surface area contributed by atoms with Crippen LogP contribution in [0.3, 0.4) is 0 Å². The van der Waals surface area contributed by atoms with Gasteiger partial charge >= 0.3 is 0 Å². The summed E-state index contributed by atoms with van der Waals surface area (Å²) >= 11 is 0. The second kappa shape index (κ2) is 9.55. The third-order valence-corrected chi connectivity index (χ3v) is 8.09. The molecular formula is C16H29NO2PS+. The van der Waals surface area contributed by atoms with Crippen LogP contribution >= 0.6 is 7.92 Å². The fourth-order valence-electron chi connectivity index (χ4n) is 2.33. The van der Waals surface area contributed by atoms with Gasteiger partial charge in [0.1, 0.15) is 0 Å². The van der Waals surface area contributed by atoms with Crippen molar-refractivity contribution in [2.45, 2.75) is 32.3 Å². The minimum Gasteiger partial charge on any atom is -0.213 e. The van der Waals surface area contributed by atoms with E-state index in [9.17, 15) is 8.42 Å². The molecule has 1 aromatic carbocycles. The van der Waals surface area contributed by atoms with Crippen LogP contribution in [0.15, 0.2) is 30.3 Å². The Morgan fingerprint density at radius 1 is 1.10 bits per heavy atom. The molecule has 0 aliphatic heterocycles. The van der Waals surface area contributed by atoms with Crippen molar-refractivity contribution in [1.29, 1.82) is 0 Å². The molecule has 5 heteroatoms. The lowest BCUT2D eigenvalue weighted by Gasteiger charge is -2.15. The number of sulfonamides is 1. The summed E-state index contributed by atoms with van der Waals surface area (Å²) in [6, 6.07) is 10.7. The Balaban J connectivity index is 2.46. The summed E-state index contributed by atoms with van der Waals surface area (Å²) in [6.07, 6.45) is 8.52. The van der Waals surface area contributed by atoms with Crippen molar-refractivity contribution in [3.8, 4) is 0 Å². The number of rotatable bonds is 10. The molecule has 0 fully saturated rings. The molecule has 0 heterocycles. The fraction of sp³-hybridized carbons (Fsp3) is 0.625. The standard InChI is InChI=1S/C16H28NO2PS/c1-4-5-13-20(15-16-10-7-6-8-11-16)14-9-12-17(2)21(3,18)19/h6-8,10-11H,4-5,9,12-15H2,1-3H3/p+1. The van der Waals surface area contributed by atoms with Gasteiger partial charge in [0.05, 0.1) is 24.7 Å². The highest BCUT2D eigenvalue weighted by Gasteiger charge is 2.17. The van der Waals surface area contributed by atoms with Crippen molar-refractivity contribution in [2.75, 3.05) is 32.2 Å². The van der Waals surface area contributed by atoms with E-state index in [-0.39, 0.29) is 0 Å². The molecule has 0 bridgehead atoms. The van der Waals surface area contributed by atoms with Crippen LogP contribution in [0.1, 0.15) is 31.7 Å². The van der Waals surface area contributed by atoms with Gasteiger partial charge in [-0.15, -0.1) is 0 Å². The maximum atomic E-state index is 11.4. The first-order chi connectivity index (χ1) is 9.93. The molecule has 1 aromatic rings. The molecule has 0 aliphatic rings. The van der Waals surface area contributed by atoms with E-state index < -0.39 is 17.9 Å². The Hall–Kier alpha value is -0.440. The minimum atomic E-state index is -3.03. The van der Waals surface area contributed by atoms with E-state index in [0.29, 0.717) is 6.54 Å². The molecule has 120 valence electrons. The summed E-state index contributed by atoms with van der Waals surface area (Å²) < 4.78 is 24.3. The maximum Gasteiger partial charge on any atom is 0.210 e. The van der Waals surface area contributed by atoms with Crippen LogP contribution in [0, 0.1) is 0 Å². The van der Waals surface area contributed by atoms with Gasteiger partial charge < -0.3 is 0 Å². The molecule has 1 unspecified atom stereocenters. The van der Waals surface area contributed by atoms with E-state index in [0.717, 1.165) is 6.42 Å². The summed E-state index contributed by atoms with van der Waals surface area (Å²) in [7, 11) is -1.78. The molecule has 0 N–H and O–H groups in total. The van der Waals surface area contributed by atoms with Gasteiger partial charge in [-0.3, -0.25) is 0 Å².